The van der Waals surface area contributed by atoms with Gasteiger partial charge in [0, 0.05) is 13.5 Å². The van der Waals surface area contributed by atoms with Crippen LogP contribution in [0.3, 0.4) is 0 Å². The van der Waals surface area contributed by atoms with Crippen LogP contribution in [0.25, 0.3) is 0 Å². The summed E-state index contributed by atoms with van der Waals surface area (Å²) in [6, 6.07) is 0. The number of hydrogen-bond donors (Lipinski definition) is 2. The molecule has 92 valence electrons. The van der Waals surface area contributed by atoms with Gasteiger partial charge in [-0.2, -0.15) is 0 Å². The van der Waals surface area contributed by atoms with Gasteiger partial charge in [0.25, 0.3) is 5.97 Å². The van der Waals surface area contributed by atoms with E-state index in [1.165, 1.54) is 12.8 Å². The van der Waals surface area contributed by atoms with Gasteiger partial charge in [-0.15, -0.1) is 0 Å². The van der Waals surface area contributed by atoms with Crippen LogP contribution in [0.2, 0.25) is 0 Å². The predicted octanol–water partition coefficient (Wildman–Crippen LogP) is 1.25. The Kier molecular flexibility index (Phi) is 17.7. The number of unbranched alkanes of at least 4 members (excludes halogenated alkanes) is 2. The Balaban J connectivity index is 0. The van der Waals surface area contributed by atoms with Crippen molar-refractivity contribution in [3.8, 4) is 0 Å². The lowest BCUT2D eigenvalue weighted by molar-refractivity contribution is -0.134. The summed E-state index contributed by atoms with van der Waals surface area (Å²) in [5.41, 5.74) is 0. The van der Waals surface area contributed by atoms with Crippen LogP contribution in [0.4, 0.5) is 0 Å². The van der Waals surface area contributed by atoms with Gasteiger partial charge in [-0.3, -0.25) is 4.79 Å². The van der Waals surface area contributed by atoms with Gasteiger partial charge in [0.15, 0.2) is 0 Å². The van der Waals surface area contributed by atoms with Crippen LogP contribution in [0.5, 0.6) is 0 Å². The first-order chi connectivity index (χ1) is 7.15. The maximum atomic E-state index is 9.00. The molecule has 0 heterocycles. The highest BCUT2D eigenvalue weighted by molar-refractivity contribution is 5.62. The number of ether oxygens (including phenoxy) is 2. The fourth-order valence-electron chi connectivity index (χ4n) is 0.695. The minimum Gasteiger partial charge on any atom is -0.481 e. The van der Waals surface area contributed by atoms with Crippen LogP contribution in [0, 0.1) is 0 Å². The lowest BCUT2D eigenvalue weighted by atomic mass is 10.3. The monoisotopic (exact) mass is 222 g/mol. The van der Waals surface area contributed by atoms with E-state index in [2.05, 4.69) is 6.92 Å². The molecule has 0 saturated carbocycles. The largest absolute Gasteiger partial charge is 0.481 e. The summed E-state index contributed by atoms with van der Waals surface area (Å²) in [4.78, 5) is 9.00. The van der Waals surface area contributed by atoms with E-state index in [9.17, 15) is 0 Å². The second-order valence-electron chi connectivity index (χ2n) is 2.88. The van der Waals surface area contributed by atoms with Gasteiger partial charge < -0.3 is 19.7 Å². The summed E-state index contributed by atoms with van der Waals surface area (Å²) in [6.07, 6.45) is 3.51. The quantitative estimate of drug-likeness (QED) is 0.477. The Morgan fingerprint density at radius 1 is 1.20 bits per heavy atom. The number of rotatable bonds is 8. The molecule has 0 fully saturated rings. The number of aliphatic hydroxyl groups excluding tert-OH is 1. The molecule has 0 aliphatic heterocycles. The van der Waals surface area contributed by atoms with Crippen molar-refractivity contribution in [2.24, 2.45) is 0 Å². The number of aliphatic hydroxyl groups is 1. The third-order valence-corrected chi connectivity index (χ3v) is 1.29. The van der Waals surface area contributed by atoms with Crippen molar-refractivity contribution in [3.05, 3.63) is 0 Å². The highest BCUT2D eigenvalue weighted by Gasteiger charge is 1.87. The Morgan fingerprint density at radius 2 is 1.73 bits per heavy atom. The van der Waals surface area contributed by atoms with Gasteiger partial charge >= 0.3 is 0 Å². The predicted molar refractivity (Wildman–Crippen MR) is 56.7 cm³/mol. The van der Waals surface area contributed by atoms with Crippen LogP contribution < -0.4 is 0 Å². The first kappa shape index (κ1) is 16.8. The minimum absolute atomic E-state index is 0.0678. The number of hydrogen-bond acceptors (Lipinski definition) is 4. The molecule has 0 amide bonds. The lowest BCUT2D eigenvalue weighted by Crippen LogP contribution is -2.04. The molecule has 0 rings (SSSR count). The summed E-state index contributed by atoms with van der Waals surface area (Å²) >= 11 is 0. The zero-order valence-electron chi connectivity index (χ0n) is 9.57. The van der Waals surface area contributed by atoms with Crippen LogP contribution in [0.15, 0.2) is 0 Å². The molecule has 0 spiro atoms. The molecule has 0 aromatic rings. The number of carboxylic acid groups (broad SMARTS) is 1. The van der Waals surface area contributed by atoms with Gasteiger partial charge in [-0.05, 0) is 6.42 Å². The van der Waals surface area contributed by atoms with E-state index in [-0.39, 0.29) is 6.61 Å². The van der Waals surface area contributed by atoms with Crippen LogP contribution in [-0.4, -0.2) is 42.8 Å². The Labute approximate surface area is 91.0 Å². The maximum Gasteiger partial charge on any atom is 0.300 e. The molecular weight excluding hydrogens is 200 g/mol. The molecule has 0 unspecified atom stereocenters. The SMILES string of the molecule is CC(=O)O.CCCCCOCOCCO. The topological polar surface area (TPSA) is 76.0 Å². The highest BCUT2D eigenvalue weighted by atomic mass is 16.7. The Morgan fingerprint density at radius 3 is 2.20 bits per heavy atom. The van der Waals surface area contributed by atoms with Crippen molar-refractivity contribution >= 4 is 5.97 Å². The molecule has 5 heteroatoms. The molecule has 0 aliphatic carbocycles. The molecule has 0 aliphatic rings. The summed E-state index contributed by atoms with van der Waals surface area (Å²) in [5, 5.41) is 15.7. The molecular formula is C10H22O5. The van der Waals surface area contributed by atoms with Gasteiger partial charge in [0.1, 0.15) is 6.79 Å². The summed E-state index contributed by atoms with van der Waals surface area (Å²) in [6.45, 7) is 4.75. The van der Waals surface area contributed by atoms with E-state index in [1.54, 1.807) is 0 Å². The third kappa shape index (κ3) is 31.8. The van der Waals surface area contributed by atoms with Crippen molar-refractivity contribution in [2.75, 3.05) is 26.6 Å². The zero-order chi connectivity index (χ0) is 11.9. The molecule has 15 heavy (non-hydrogen) atoms. The summed E-state index contributed by atoms with van der Waals surface area (Å²) in [5.74, 6) is -0.833. The van der Waals surface area contributed by atoms with Crippen molar-refractivity contribution in [1.29, 1.82) is 0 Å². The van der Waals surface area contributed by atoms with E-state index in [0.717, 1.165) is 20.0 Å². The molecule has 2 N–H and O–H groups in total. The first-order valence-corrected chi connectivity index (χ1v) is 5.11. The average Bonchev–Trinajstić information content (AvgIpc) is 2.16. The van der Waals surface area contributed by atoms with Gasteiger partial charge in [-0.25, -0.2) is 0 Å². The third-order valence-electron chi connectivity index (χ3n) is 1.29. The Hall–Kier alpha value is -0.650. The summed E-state index contributed by atoms with van der Waals surface area (Å²) in [7, 11) is 0. The smallest absolute Gasteiger partial charge is 0.300 e. The number of aliphatic carboxylic acids is 1. The molecule has 0 bridgehead atoms. The van der Waals surface area contributed by atoms with Gasteiger partial charge in [0.05, 0.1) is 13.2 Å². The van der Waals surface area contributed by atoms with Gasteiger partial charge in [0.2, 0.25) is 0 Å². The van der Waals surface area contributed by atoms with Crippen molar-refractivity contribution in [2.45, 2.75) is 33.1 Å². The van der Waals surface area contributed by atoms with Crippen molar-refractivity contribution < 1.29 is 24.5 Å². The van der Waals surface area contributed by atoms with Crippen LogP contribution in [-0.2, 0) is 14.3 Å². The van der Waals surface area contributed by atoms with Crippen LogP contribution >= 0.6 is 0 Å². The molecule has 0 radical (unpaired) electrons. The highest BCUT2D eigenvalue weighted by Crippen LogP contribution is 1.93. The first-order valence-electron chi connectivity index (χ1n) is 5.11. The van der Waals surface area contributed by atoms with Gasteiger partial charge in [-0.1, -0.05) is 19.8 Å². The average molecular weight is 222 g/mol. The van der Waals surface area contributed by atoms with Crippen molar-refractivity contribution in [1.82, 2.24) is 0 Å². The second-order valence-corrected chi connectivity index (χ2v) is 2.88. The standard InChI is InChI=1S/C8H18O3.C2H4O2/c1-2-3-4-6-10-8-11-7-5-9;1-2(3)4/h9H,2-8H2,1H3;1H3,(H,3,4). The molecule has 0 aromatic carbocycles. The maximum absolute atomic E-state index is 9.00. The minimum atomic E-state index is -0.833. The number of carbonyl (C=O) groups is 1. The van der Waals surface area contributed by atoms with E-state index in [4.69, 9.17) is 24.5 Å². The second kappa shape index (κ2) is 15.8. The molecule has 0 aromatic heterocycles. The van der Waals surface area contributed by atoms with Crippen LogP contribution in [0.1, 0.15) is 33.1 Å². The van der Waals surface area contributed by atoms with Crippen molar-refractivity contribution in [3.63, 3.8) is 0 Å². The molecule has 0 atom stereocenters. The fraction of sp³-hybridized carbons (Fsp3) is 0.900. The molecule has 5 nitrogen and oxygen atoms in total. The Bertz CT molecular complexity index is 115. The molecule has 0 saturated heterocycles. The zero-order valence-corrected chi connectivity index (χ0v) is 9.57. The fourth-order valence-corrected chi connectivity index (χ4v) is 0.695. The summed E-state index contributed by atoms with van der Waals surface area (Å²) < 4.78 is 10.00. The van der Waals surface area contributed by atoms with E-state index in [0.29, 0.717) is 13.4 Å². The van der Waals surface area contributed by atoms with E-state index in [1.807, 2.05) is 0 Å². The lowest BCUT2D eigenvalue weighted by Gasteiger charge is -2.03. The number of carboxylic acids is 1. The van der Waals surface area contributed by atoms with E-state index >= 15 is 0 Å². The van der Waals surface area contributed by atoms with E-state index < -0.39 is 5.97 Å². The normalized spacial score (nSPS) is 9.27.